The zero-order valence-corrected chi connectivity index (χ0v) is 18.5. The highest BCUT2D eigenvalue weighted by atomic mass is 19.4. The largest absolute Gasteiger partial charge is 0.443 e. The molecule has 5 atom stereocenters. The summed E-state index contributed by atoms with van der Waals surface area (Å²) in [6.07, 6.45) is -14.9. The van der Waals surface area contributed by atoms with Gasteiger partial charge in [-0.15, -0.1) is 5.10 Å². The normalized spacial score (nSPS) is 24.4. The molecule has 1 aliphatic rings. The molecule has 2 aromatic rings. The first-order chi connectivity index (χ1) is 16.9. The Labute approximate surface area is 201 Å². The molecule has 0 saturated carbocycles. The predicted octanol–water partition coefficient (Wildman–Crippen LogP) is -0.220. The van der Waals surface area contributed by atoms with Crippen molar-refractivity contribution in [1.29, 1.82) is 0 Å². The van der Waals surface area contributed by atoms with Crippen LogP contribution in [-0.4, -0.2) is 81.3 Å². The third-order valence-corrected chi connectivity index (χ3v) is 5.39. The summed E-state index contributed by atoms with van der Waals surface area (Å²) in [7, 11) is 0. The standard InChI is InChI=1S/C21H24F4N4O7/c22-14-12(8-30)35-20(16(33)15(14)32)36-19-11(17(28-29-19)21(23,24)25)7-9-1-3-10(4-2-9)18(34)27-6-5-13(26)31/h1-4,12,14-16,20,30,32-33H,5-8H2,(H2,26,31)(H,27,34)(H,28,29)/t12-,14-,15+,16-,20+/m1/s1. The van der Waals surface area contributed by atoms with Crippen molar-refractivity contribution < 1.29 is 51.9 Å². The van der Waals surface area contributed by atoms with Gasteiger partial charge in [0.1, 0.15) is 24.0 Å². The molecule has 1 saturated heterocycles. The molecule has 1 fully saturated rings. The number of aliphatic hydroxyl groups excluding tert-OH is 3. The van der Waals surface area contributed by atoms with Crippen LogP contribution in [0.1, 0.15) is 33.6 Å². The first kappa shape index (κ1) is 27.3. The fourth-order valence-corrected chi connectivity index (χ4v) is 3.47. The minimum absolute atomic E-state index is 0.0185. The SMILES string of the molecule is NC(=O)CCNC(=O)c1ccc(Cc2c(O[C@@H]3O[C@H](CO)[C@@H](F)[C@H](O)[C@H]3O)n[nH]c2C(F)(F)F)cc1. The number of alkyl halides is 4. The van der Waals surface area contributed by atoms with Crippen LogP contribution in [0.25, 0.3) is 0 Å². The first-order valence-electron chi connectivity index (χ1n) is 10.7. The number of amides is 2. The van der Waals surface area contributed by atoms with Crippen molar-refractivity contribution in [2.24, 2.45) is 5.73 Å². The molecule has 0 radical (unpaired) electrons. The molecule has 2 heterocycles. The molecular weight excluding hydrogens is 496 g/mol. The molecule has 0 spiro atoms. The Morgan fingerprint density at radius 1 is 1.19 bits per heavy atom. The zero-order valence-electron chi connectivity index (χ0n) is 18.5. The van der Waals surface area contributed by atoms with Gasteiger partial charge in [0, 0.05) is 24.9 Å². The lowest BCUT2D eigenvalue weighted by molar-refractivity contribution is -0.265. The van der Waals surface area contributed by atoms with Crippen molar-refractivity contribution in [2.75, 3.05) is 13.2 Å². The van der Waals surface area contributed by atoms with Crippen molar-refractivity contribution in [2.45, 2.75) is 49.8 Å². The fraction of sp³-hybridized carbons (Fsp3) is 0.476. The average molecular weight is 520 g/mol. The average Bonchev–Trinajstić information content (AvgIpc) is 3.22. The molecule has 1 aromatic heterocycles. The first-order valence-corrected chi connectivity index (χ1v) is 10.7. The summed E-state index contributed by atoms with van der Waals surface area (Å²) in [6, 6.07) is 5.51. The minimum Gasteiger partial charge on any atom is -0.443 e. The molecule has 36 heavy (non-hydrogen) atoms. The predicted molar refractivity (Wildman–Crippen MR) is 112 cm³/mol. The summed E-state index contributed by atoms with van der Waals surface area (Å²) >= 11 is 0. The number of carbonyl (C=O) groups is 2. The highest BCUT2D eigenvalue weighted by Gasteiger charge is 2.47. The van der Waals surface area contributed by atoms with E-state index in [1.165, 1.54) is 24.3 Å². The Morgan fingerprint density at radius 3 is 2.44 bits per heavy atom. The van der Waals surface area contributed by atoms with Gasteiger partial charge >= 0.3 is 6.18 Å². The monoisotopic (exact) mass is 520 g/mol. The van der Waals surface area contributed by atoms with E-state index in [9.17, 15) is 42.5 Å². The summed E-state index contributed by atoms with van der Waals surface area (Å²) in [5, 5.41) is 36.9. The molecule has 3 rings (SSSR count). The van der Waals surface area contributed by atoms with E-state index < -0.39 is 72.5 Å². The van der Waals surface area contributed by atoms with Crippen molar-refractivity contribution in [3.8, 4) is 5.88 Å². The number of benzene rings is 1. The highest BCUT2D eigenvalue weighted by molar-refractivity contribution is 5.94. The fourth-order valence-electron chi connectivity index (χ4n) is 3.47. The maximum atomic E-state index is 14.0. The molecule has 2 amide bonds. The van der Waals surface area contributed by atoms with Gasteiger partial charge in [0.2, 0.25) is 18.1 Å². The second-order valence-electron chi connectivity index (χ2n) is 7.99. The van der Waals surface area contributed by atoms with E-state index in [-0.39, 0.29) is 24.9 Å². The lowest BCUT2D eigenvalue weighted by Gasteiger charge is -2.38. The van der Waals surface area contributed by atoms with Gasteiger partial charge in [-0.3, -0.25) is 14.7 Å². The molecule has 7 N–H and O–H groups in total. The molecule has 198 valence electrons. The van der Waals surface area contributed by atoms with Gasteiger partial charge in [-0.1, -0.05) is 12.1 Å². The van der Waals surface area contributed by atoms with Crippen LogP contribution >= 0.6 is 0 Å². The van der Waals surface area contributed by atoms with E-state index in [0.717, 1.165) is 0 Å². The van der Waals surface area contributed by atoms with E-state index in [2.05, 4.69) is 10.4 Å². The van der Waals surface area contributed by atoms with Crippen LogP contribution in [-0.2, 0) is 22.1 Å². The van der Waals surface area contributed by atoms with Crippen molar-refractivity contribution in [3.63, 3.8) is 0 Å². The number of carbonyl (C=O) groups excluding carboxylic acids is 2. The van der Waals surface area contributed by atoms with Crippen LogP contribution in [0.3, 0.4) is 0 Å². The number of primary amides is 1. The highest BCUT2D eigenvalue weighted by Crippen LogP contribution is 2.37. The number of rotatable bonds is 9. The number of aromatic amines is 1. The van der Waals surface area contributed by atoms with Crippen LogP contribution < -0.4 is 15.8 Å². The van der Waals surface area contributed by atoms with Gasteiger partial charge < -0.3 is 35.8 Å². The number of nitrogens with zero attached hydrogens (tertiary/aromatic N) is 1. The lowest BCUT2D eigenvalue weighted by atomic mass is 10.0. The number of hydrogen-bond donors (Lipinski definition) is 6. The summed E-state index contributed by atoms with van der Waals surface area (Å²) in [5.41, 5.74) is 3.78. The van der Waals surface area contributed by atoms with E-state index in [4.69, 9.17) is 15.2 Å². The van der Waals surface area contributed by atoms with Gasteiger partial charge in [-0.2, -0.15) is 13.2 Å². The number of hydrogen-bond acceptors (Lipinski definition) is 8. The van der Waals surface area contributed by atoms with Gasteiger partial charge in [0.05, 0.1) is 12.2 Å². The second kappa shape index (κ2) is 11.2. The Balaban J connectivity index is 1.80. The van der Waals surface area contributed by atoms with Crippen LogP contribution in [0.5, 0.6) is 5.88 Å². The molecule has 0 bridgehead atoms. The van der Waals surface area contributed by atoms with Crippen molar-refractivity contribution >= 4 is 11.8 Å². The Kier molecular flexibility index (Phi) is 8.50. The summed E-state index contributed by atoms with van der Waals surface area (Å²) in [6.45, 7) is -0.862. The maximum Gasteiger partial charge on any atom is 0.433 e. The lowest BCUT2D eigenvalue weighted by Crippen LogP contribution is -2.58. The number of H-pyrrole nitrogens is 1. The van der Waals surface area contributed by atoms with E-state index in [1.54, 1.807) is 0 Å². The van der Waals surface area contributed by atoms with Gasteiger partial charge in [0.15, 0.2) is 6.17 Å². The quantitative estimate of drug-likeness (QED) is 0.246. The Bertz CT molecular complexity index is 1060. The summed E-state index contributed by atoms with van der Waals surface area (Å²) < 4.78 is 65.0. The Hall–Kier alpha value is -3.27. The summed E-state index contributed by atoms with van der Waals surface area (Å²) in [5.74, 6) is -1.74. The van der Waals surface area contributed by atoms with E-state index in [1.807, 2.05) is 5.10 Å². The summed E-state index contributed by atoms with van der Waals surface area (Å²) in [4.78, 5) is 22.9. The van der Waals surface area contributed by atoms with Gasteiger partial charge in [-0.25, -0.2) is 4.39 Å². The molecule has 1 aliphatic heterocycles. The zero-order chi connectivity index (χ0) is 26.6. The minimum atomic E-state index is -4.87. The van der Waals surface area contributed by atoms with Crippen LogP contribution in [0, 0.1) is 0 Å². The third kappa shape index (κ3) is 6.29. The molecule has 1 aromatic carbocycles. The van der Waals surface area contributed by atoms with Gasteiger partial charge in [-0.05, 0) is 17.7 Å². The smallest absolute Gasteiger partial charge is 0.433 e. The van der Waals surface area contributed by atoms with Crippen LogP contribution in [0.15, 0.2) is 24.3 Å². The van der Waals surface area contributed by atoms with Gasteiger partial charge in [0.25, 0.3) is 5.91 Å². The Morgan fingerprint density at radius 2 is 1.86 bits per heavy atom. The number of aromatic nitrogens is 2. The number of halogens is 4. The molecule has 11 nitrogen and oxygen atoms in total. The number of nitrogens with two attached hydrogens (primary N) is 1. The van der Waals surface area contributed by atoms with E-state index >= 15 is 0 Å². The van der Waals surface area contributed by atoms with E-state index in [0.29, 0.717) is 5.56 Å². The molecule has 0 aliphatic carbocycles. The molecule has 15 heteroatoms. The number of aliphatic hydroxyl groups is 3. The second-order valence-corrected chi connectivity index (χ2v) is 7.99. The topological polar surface area (TPSA) is 180 Å². The number of nitrogens with one attached hydrogen (secondary N) is 2. The van der Waals surface area contributed by atoms with Crippen LogP contribution in [0.2, 0.25) is 0 Å². The third-order valence-electron chi connectivity index (χ3n) is 5.39. The van der Waals surface area contributed by atoms with Crippen LogP contribution in [0.4, 0.5) is 17.6 Å². The van der Waals surface area contributed by atoms with Crippen molar-refractivity contribution in [3.05, 3.63) is 46.6 Å². The molecular formula is C21H24F4N4O7. The number of ether oxygens (including phenoxy) is 2. The molecule has 0 unspecified atom stereocenters. The maximum absolute atomic E-state index is 14.0. The van der Waals surface area contributed by atoms with Crippen molar-refractivity contribution in [1.82, 2.24) is 15.5 Å².